The molecular weight excluding hydrogens is 226 g/mol. The first-order chi connectivity index (χ1) is 7.68. The first kappa shape index (κ1) is 11.4. The van der Waals surface area contributed by atoms with Crippen LogP contribution in [0.5, 0.6) is 0 Å². The number of fused-ring (bicyclic) bond motifs is 1. The zero-order valence-electron chi connectivity index (χ0n) is 9.07. The summed E-state index contributed by atoms with van der Waals surface area (Å²) in [4.78, 5) is 11.5. The van der Waals surface area contributed by atoms with Gasteiger partial charge in [0.05, 0.1) is 19.3 Å². The van der Waals surface area contributed by atoms with E-state index in [-0.39, 0.29) is 11.9 Å². The Morgan fingerprint density at radius 3 is 3.06 bits per heavy atom. The van der Waals surface area contributed by atoms with E-state index >= 15 is 0 Å². The molecule has 0 spiro atoms. The molecule has 1 aromatic carbocycles. The van der Waals surface area contributed by atoms with Gasteiger partial charge in [-0.2, -0.15) is 0 Å². The minimum Gasteiger partial charge on any atom is -0.374 e. The summed E-state index contributed by atoms with van der Waals surface area (Å²) in [7, 11) is 0. The number of carbonyl (C=O) groups excluding carboxylic acids is 1. The molecule has 1 aromatic rings. The quantitative estimate of drug-likeness (QED) is 0.802. The van der Waals surface area contributed by atoms with Gasteiger partial charge in [-0.05, 0) is 18.1 Å². The second-order valence-electron chi connectivity index (χ2n) is 3.89. The molecule has 2 rings (SSSR count). The standard InChI is InChI=1S/C12H14ClNO2/c1-8(13)12(15)14-11-7-16-6-9-4-2-3-5-10(9)11/h2-5,8,11H,6-7H2,1H3,(H,14,15). The highest BCUT2D eigenvalue weighted by Gasteiger charge is 2.23. The first-order valence-corrected chi connectivity index (χ1v) is 5.72. The summed E-state index contributed by atoms with van der Waals surface area (Å²) in [5, 5.41) is 2.36. The van der Waals surface area contributed by atoms with Gasteiger partial charge < -0.3 is 10.1 Å². The minimum absolute atomic E-state index is 0.0846. The van der Waals surface area contributed by atoms with Gasteiger partial charge in [-0.1, -0.05) is 24.3 Å². The number of benzene rings is 1. The van der Waals surface area contributed by atoms with Crippen LogP contribution < -0.4 is 5.32 Å². The zero-order valence-corrected chi connectivity index (χ0v) is 9.83. The molecule has 0 aromatic heterocycles. The van der Waals surface area contributed by atoms with Gasteiger partial charge in [0.2, 0.25) is 5.91 Å². The molecule has 0 bridgehead atoms. The van der Waals surface area contributed by atoms with E-state index in [1.165, 1.54) is 0 Å². The van der Waals surface area contributed by atoms with Crippen LogP contribution in [0.4, 0.5) is 0 Å². The Hall–Kier alpha value is -1.06. The Bertz CT molecular complexity index is 392. The molecule has 0 fully saturated rings. The second-order valence-corrected chi connectivity index (χ2v) is 4.55. The van der Waals surface area contributed by atoms with E-state index in [4.69, 9.17) is 16.3 Å². The van der Waals surface area contributed by atoms with Gasteiger partial charge in [0, 0.05) is 0 Å². The molecule has 1 aliphatic rings. The maximum absolute atomic E-state index is 11.5. The molecule has 0 saturated carbocycles. The van der Waals surface area contributed by atoms with Gasteiger partial charge >= 0.3 is 0 Å². The number of hydrogen-bond donors (Lipinski definition) is 1. The van der Waals surface area contributed by atoms with E-state index in [1.54, 1.807) is 6.92 Å². The number of rotatable bonds is 2. The predicted molar refractivity (Wildman–Crippen MR) is 62.3 cm³/mol. The molecule has 0 aliphatic carbocycles. The zero-order chi connectivity index (χ0) is 11.5. The average Bonchev–Trinajstić information content (AvgIpc) is 2.29. The van der Waals surface area contributed by atoms with E-state index in [0.717, 1.165) is 11.1 Å². The fourth-order valence-corrected chi connectivity index (χ4v) is 1.85. The highest BCUT2D eigenvalue weighted by molar-refractivity contribution is 6.30. The summed E-state index contributed by atoms with van der Waals surface area (Å²) < 4.78 is 5.43. The van der Waals surface area contributed by atoms with E-state index in [2.05, 4.69) is 5.32 Å². The monoisotopic (exact) mass is 239 g/mol. The normalized spacial score (nSPS) is 21.0. The maximum atomic E-state index is 11.5. The van der Waals surface area contributed by atoms with Crippen LogP contribution in [-0.4, -0.2) is 17.9 Å². The molecule has 2 unspecified atom stereocenters. The van der Waals surface area contributed by atoms with Crippen molar-refractivity contribution in [2.24, 2.45) is 0 Å². The van der Waals surface area contributed by atoms with Gasteiger partial charge in [-0.3, -0.25) is 4.79 Å². The Kier molecular flexibility index (Phi) is 3.46. The third kappa shape index (κ3) is 2.36. The Morgan fingerprint density at radius 1 is 1.56 bits per heavy atom. The van der Waals surface area contributed by atoms with Crippen molar-refractivity contribution in [3.63, 3.8) is 0 Å². The molecule has 4 heteroatoms. The van der Waals surface area contributed by atoms with Crippen LogP contribution >= 0.6 is 11.6 Å². The summed E-state index contributed by atoms with van der Waals surface area (Å²) in [6.45, 7) is 2.78. The molecule has 1 N–H and O–H groups in total. The maximum Gasteiger partial charge on any atom is 0.238 e. The van der Waals surface area contributed by atoms with Crippen molar-refractivity contribution in [2.75, 3.05) is 6.61 Å². The van der Waals surface area contributed by atoms with E-state index in [0.29, 0.717) is 13.2 Å². The van der Waals surface area contributed by atoms with Crippen LogP contribution in [-0.2, 0) is 16.1 Å². The summed E-state index contributed by atoms with van der Waals surface area (Å²) in [6.07, 6.45) is 0. The molecule has 16 heavy (non-hydrogen) atoms. The number of ether oxygens (including phenoxy) is 1. The third-order valence-corrected chi connectivity index (χ3v) is 2.85. The van der Waals surface area contributed by atoms with Gasteiger partial charge in [0.1, 0.15) is 5.38 Å². The molecule has 0 saturated heterocycles. The lowest BCUT2D eigenvalue weighted by molar-refractivity contribution is -0.121. The van der Waals surface area contributed by atoms with Crippen LogP contribution in [0.25, 0.3) is 0 Å². The fourth-order valence-electron chi connectivity index (χ4n) is 1.79. The molecule has 86 valence electrons. The number of carbonyl (C=O) groups is 1. The number of halogens is 1. The van der Waals surface area contributed by atoms with Crippen molar-refractivity contribution in [3.05, 3.63) is 35.4 Å². The van der Waals surface area contributed by atoms with Gasteiger partial charge in [-0.15, -0.1) is 11.6 Å². The van der Waals surface area contributed by atoms with Crippen LogP contribution in [0.15, 0.2) is 24.3 Å². The average molecular weight is 240 g/mol. The van der Waals surface area contributed by atoms with Crippen molar-refractivity contribution < 1.29 is 9.53 Å². The third-order valence-electron chi connectivity index (χ3n) is 2.65. The Balaban J connectivity index is 2.16. The summed E-state index contributed by atoms with van der Waals surface area (Å²) in [6, 6.07) is 7.88. The van der Waals surface area contributed by atoms with Crippen molar-refractivity contribution in [1.82, 2.24) is 5.32 Å². The molecule has 1 heterocycles. The lowest BCUT2D eigenvalue weighted by Crippen LogP contribution is -2.37. The Labute approximate surface area is 99.7 Å². The smallest absolute Gasteiger partial charge is 0.238 e. The minimum atomic E-state index is -0.519. The second kappa shape index (κ2) is 4.85. The van der Waals surface area contributed by atoms with Crippen LogP contribution in [0.2, 0.25) is 0 Å². The molecule has 1 aliphatic heterocycles. The fraction of sp³-hybridized carbons (Fsp3) is 0.417. The molecule has 2 atom stereocenters. The van der Waals surface area contributed by atoms with Crippen molar-refractivity contribution in [3.8, 4) is 0 Å². The SMILES string of the molecule is CC(Cl)C(=O)NC1COCc2ccccc21. The largest absolute Gasteiger partial charge is 0.374 e. The van der Waals surface area contributed by atoms with E-state index in [1.807, 2.05) is 24.3 Å². The highest BCUT2D eigenvalue weighted by Crippen LogP contribution is 2.24. The summed E-state index contributed by atoms with van der Waals surface area (Å²) in [5.41, 5.74) is 2.25. The first-order valence-electron chi connectivity index (χ1n) is 5.28. The number of amides is 1. The topological polar surface area (TPSA) is 38.3 Å². The van der Waals surface area contributed by atoms with Gasteiger partial charge in [0.25, 0.3) is 0 Å². The van der Waals surface area contributed by atoms with Crippen molar-refractivity contribution in [2.45, 2.75) is 24.9 Å². The van der Waals surface area contributed by atoms with Crippen molar-refractivity contribution >= 4 is 17.5 Å². The molecule has 1 amide bonds. The Morgan fingerprint density at radius 2 is 2.31 bits per heavy atom. The molecule has 3 nitrogen and oxygen atoms in total. The van der Waals surface area contributed by atoms with Gasteiger partial charge in [-0.25, -0.2) is 0 Å². The summed E-state index contributed by atoms with van der Waals surface area (Å²) in [5.74, 6) is -0.160. The van der Waals surface area contributed by atoms with E-state index < -0.39 is 5.38 Å². The molecular formula is C12H14ClNO2. The van der Waals surface area contributed by atoms with Gasteiger partial charge in [0.15, 0.2) is 0 Å². The summed E-state index contributed by atoms with van der Waals surface area (Å²) >= 11 is 5.72. The lowest BCUT2D eigenvalue weighted by atomic mass is 9.99. The van der Waals surface area contributed by atoms with E-state index in [9.17, 15) is 4.79 Å². The predicted octanol–water partition coefficient (Wildman–Crippen LogP) is 2.00. The lowest BCUT2D eigenvalue weighted by Gasteiger charge is -2.26. The van der Waals surface area contributed by atoms with Crippen LogP contribution in [0, 0.1) is 0 Å². The number of alkyl halides is 1. The number of nitrogens with one attached hydrogen (secondary N) is 1. The van der Waals surface area contributed by atoms with Crippen molar-refractivity contribution in [1.29, 1.82) is 0 Å². The highest BCUT2D eigenvalue weighted by atomic mass is 35.5. The molecule has 0 radical (unpaired) electrons. The van der Waals surface area contributed by atoms with Crippen LogP contribution in [0.3, 0.4) is 0 Å². The number of hydrogen-bond acceptors (Lipinski definition) is 2. The van der Waals surface area contributed by atoms with Crippen LogP contribution in [0.1, 0.15) is 24.1 Å².